The van der Waals surface area contributed by atoms with Crippen molar-refractivity contribution < 1.29 is 19.0 Å². The van der Waals surface area contributed by atoms with Gasteiger partial charge in [0.25, 0.3) is 5.91 Å². The van der Waals surface area contributed by atoms with E-state index in [-0.39, 0.29) is 12.7 Å². The summed E-state index contributed by atoms with van der Waals surface area (Å²) in [6.07, 6.45) is 1.60. The topological polar surface area (TPSA) is 112 Å². The molecule has 3 heterocycles. The summed E-state index contributed by atoms with van der Waals surface area (Å²) in [6, 6.07) is 17.2. The molecule has 9 heteroatoms. The summed E-state index contributed by atoms with van der Waals surface area (Å²) >= 11 is 0. The number of carbonyl (C=O) groups is 1. The molecule has 0 radical (unpaired) electrons. The normalized spacial score (nSPS) is 16.2. The van der Waals surface area contributed by atoms with Gasteiger partial charge in [0, 0.05) is 25.8 Å². The van der Waals surface area contributed by atoms with Crippen molar-refractivity contribution in [2.24, 2.45) is 5.73 Å². The van der Waals surface area contributed by atoms with E-state index in [4.69, 9.17) is 24.9 Å². The van der Waals surface area contributed by atoms with Gasteiger partial charge in [-0.3, -0.25) is 9.69 Å². The Bertz CT molecular complexity index is 1080. The highest BCUT2D eigenvalue weighted by Crippen LogP contribution is 2.30. The molecule has 4 rings (SSSR count). The number of anilines is 2. The van der Waals surface area contributed by atoms with Crippen molar-refractivity contribution in [1.29, 1.82) is 0 Å². The molecule has 172 valence electrons. The van der Waals surface area contributed by atoms with Gasteiger partial charge in [-0.15, -0.1) is 0 Å². The number of rotatable bonds is 9. The lowest BCUT2D eigenvalue weighted by Gasteiger charge is -2.32. The van der Waals surface area contributed by atoms with Crippen LogP contribution in [-0.2, 0) is 16.1 Å². The van der Waals surface area contributed by atoms with Crippen LogP contribution >= 0.6 is 0 Å². The highest BCUT2D eigenvalue weighted by molar-refractivity contribution is 5.75. The van der Waals surface area contributed by atoms with Crippen LogP contribution in [0.5, 0.6) is 11.5 Å². The zero-order valence-electron chi connectivity index (χ0n) is 18.4. The molecule has 1 aromatic carbocycles. The summed E-state index contributed by atoms with van der Waals surface area (Å²) in [5.74, 6) is 1.98. The lowest BCUT2D eigenvalue weighted by atomic mass is 10.1. The van der Waals surface area contributed by atoms with E-state index in [0.717, 1.165) is 36.0 Å². The second-order valence-corrected chi connectivity index (χ2v) is 7.62. The minimum absolute atomic E-state index is 0.135. The van der Waals surface area contributed by atoms with Crippen molar-refractivity contribution in [2.45, 2.75) is 12.6 Å². The van der Waals surface area contributed by atoms with Gasteiger partial charge in [0.05, 0.1) is 19.4 Å². The number of nitrogens with one attached hydrogen (secondary N) is 1. The first-order valence-electron chi connectivity index (χ1n) is 10.7. The molecule has 1 saturated heterocycles. The van der Waals surface area contributed by atoms with Crippen molar-refractivity contribution in [3.63, 3.8) is 0 Å². The van der Waals surface area contributed by atoms with Gasteiger partial charge in [-0.25, -0.2) is 9.97 Å². The summed E-state index contributed by atoms with van der Waals surface area (Å²) in [4.78, 5) is 22.3. The minimum atomic E-state index is -0.534. The number of hydrogen-bond acceptors (Lipinski definition) is 8. The third-order valence-corrected chi connectivity index (χ3v) is 5.18. The molecular weight excluding hydrogens is 422 g/mol. The Balaban J connectivity index is 1.41. The fourth-order valence-corrected chi connectivity index (χ4v) is 3.63. The van der Waals surface area contributed by atoms with Gasteiger partial charge in [0.2, 0.25) is 0 Å². The van der Waals surface area contributed by atoms with Crippen LogP contribution in [0, 0.1) is 0 Å². The molecule has 1 atom stereocenters. The van der Waals surface area contributed by atoms with E-state index in [1.165, 1.54) is 0 Å². The van der Waals surface area contributed by atoms with Crippen molar-refractivity contribution in [3.05, 3.63) is 72.1 Å². The molecule has 1 aliphatic rings. The minimum Gasteiger partial charge on any atom is -0.493 e. The Kier molecular flexibility index (Phi) is 7.33. The Morgan fingerprint density at radius 1 is 1.18 bits per heavy atom. The van der Waals surface area contributed by atoms with Crippen LogP contribution in [0.15, 0.2) is 60.8 Å². The summed E-state index contributed by atoms with van der Waals surface area (Å²) in [6.45, 7) is 2.66. The number of amides is 1. The molecule has 3 aromatic rings. The van der Waals surface area contributed by atoms with Crippen molar-refractivity contribution in [1.82, 2.24) is 14.9 Å². The van der Waals surface area contributed by atoms with Crippen LogP contribution in [0.4, 0.5) is 11.6 Å². The number of methoxy groups -OCH3 is 1. The second kappa shape index (κ2) is 10.8. The molecule has 1 fully saturated rings. The van der Waals surface area contributed by atoms with E-state index in [9.17, 15) is 4.79 Å². The number of ether oxygens (including phenoxy) is 3. The van der Waals surface area contributed by atoms with Crippen molar-refractivity contribution >= 4 is 17.5 Å². The maximum Gasteiger partial charge on any atom is 0.255 e. The SMILES string of the molecule is COc1cc(CN2CCOC(c3cccc(Nc4ccccn4)n3)C2)ccc1OCC(N)=O. The molecule has 2 aromatic heterocycles. The number of aromatic nitrogens is 2. The highest BCUT2D eigenvalue weighted by Gasteiger charge is 2.23. The Hall–Kier alpha value is -3.69. The van der Waals surface area contributed by atoms with Crippen LogP contribution in [0.1, 0.15) is 17.4 Å². The molecular formula is C24H27N5O4. The van der Waals surface area contributed by atoms with Crippen molar-refractivity contribution in [2.75, 3.05) is 38.7 Å². The van der Waals surface area contributed by atoms with Gasteiger partial charge in [0.1, 0.15) is 17.7 Å². The van der Waals surface area contributed by atoms with Gasteiger partial charge in [-0.2, -0.15) is 0 Å². The number of pyridine rings is 2. The van der Waals surface area contributed by atoms with E-state index in [1.54, 1.807) is 19.4 Å². The zero-order valence-corrected chi connectivity index (χ0v) is 18.4. The maximum absolute atomic E-state index is 11.0. The predicted octanol–water partition coefficient (Wildman–Crippen LogP) is 2.67. The lowest BCUT2D eigenvalue weighted by Crippen LogP contribution is -2.38. The average molecular weight is 450 g/mol. The van der Waals surface area contributed by atoms with Crippen LogP contribution in [0.25, 0.3) is 0 Å². The quantitative estimate of drug-likeness (QED) is 0.513. The average Bonchev–Trinajstić information content (AvgIpc) is 2.84. The Morgan fingerprint density at radius 3 is 2.85 bits per heavy atom. The van der Waals surface area contributed by atoms with Gasteiger partial charge in [-0.1, -0.05) is 18.2 Å². The highest BCUT2D eigenvalue weighted by atomic mass is 16.5. The largest absolute Gasteiger partial charge is 0.493 e. The van der Waals surface area contributed by atoms with Gasteiger partial charge in [0.15, 0.2) is 18.1 Å². The first-order chi connectivity index (χ1) is 16.1. The molecule has 0 aliphatic carbocycles. The number of carbonyl (C=O) groups excluding carboxylic acids is 1. The number of nitrogens with two attached hydrogens (primary N) is 1. The van der Waals surface area contributed by atoms with E-state index >= 15 is 0 Å². The Morgan fingerprint density at radius 2 is 2.06 bits per heavy atom. The molecule has 1 amide bonds. The molecule has 1 aliphatic heterocycles. The molecule has 0 bridgehead atoms. The van der Waals surface area contributed by atoms with E-state index < -0.39 is 5.91 Å². The fourth-order valence-electron chi connectivity index (χ4n) is 3.63. The summed E-state index contributed by atoms with van der Waals surface area (Å²) in [5, 5.41) is 3.22. The van der Waals surface area contributed by atoms with Crippen molar-refractivity contribution in [3.8, 4) is 11.5 Å². The van der Waals surface area contributed by atoms with E-state index in [0.29, 0.717) is 24.7 Å². The van der Waals surface area contributed by atoms with E-state index in [2.05, 4.69) is 15.2 Å². The zero-order chi connectivity index (χ0) is 23.0. The van der Waals surface area contributed by atoms with Crippen LogP contribution in [0.2, 0.25) is 0 Å². The first kappa shape index (κ1) is 22.5. The van der Waals surface area contributed by atoms with E-state index in [1.807, 2.05) is 48.5 Å². The van der Waals surface area contributed by atoms with Crippen LogP contribution in [0.3, 0.4) is 0 Å². The number of benzene rings is 1. The van der Waals surface area contributed by atoms with Crippen LogP contribution in [-0.4, -0.2) is 54.2 Å². The van der Waals surface area contributed by atoms with Gasteiger partial charge in [-0.05, 0) is 42.0 Å². The standard InChI is InChI=1S/C24H27N5O4/c1-31-20-13-17(8-9-19(20)33-16-22(25)30)14-29-11-12-32-21(15-29)18-5-4-7-24(27-18)28-23-6-2-3-10-26-23/h2-10,13,21H,11-12,14-16H2,1H3,(H2,25,30)(H,26,27,28). The number of hydrogen-bond donors (Lipinski definition) is 2. The second-order valence-electron chi connectivity index (χ2n) is 7.62. The van der Waals surface area contributed by atoms with Gasteiger partial charge >= 0.3 is 0 Å². The number of primary amides is 1. The lowest BCUT2D eigenvalue weighted by molar-refractivity contribution is -0.119. The number of morpholine rings is 1. The molecule has 0 spiro atoms. The molecule has 1 unspecified atom stereocenters. The third kappa shape index (κ3) is 6.18. The third-order valence-electron chi connectivity index (χ3n) is 5.18. The predicted molar refractivity (Wildman–Crippen MR) is 123 cm³/mol. The monoisotopic (exact) mass is 449 g/mol. The summed E-state index contributed by atoms with van der Waals surface area (Å²) in [5.41, 5.74) is 7.09. The molecule has 33 heavy (non-hydrogen) atoms. The Labute approximate surface area is 192 Å². The molecule has 3 N–H and O–H groups in total. The number of nitrogens with zero attached hydrogens (tertiary/aromatic N) is 3. The molecule has 0 saturated carbocycles. The fraction of sp³-hybridized carbons (Fsp3) is 0.292. The van der Waals surface area contributed by atoms with Gasteiger partial charge < -0.3 is 25.3 Å². The summed E-state index contributed by atoms with van der Waals surface area (Å²) in [7, 11) is 1.57. The maximum atomic E-state index is 11.0. The van der Waals surface area contributed by atoms with Crippen LogP contribution < -0.4 is 20.5 Å². The summed E-state index contributed by atoms with van der Waals surface area (Å²) < 4.78 is 16.8. The first-order valence-corrected chi connectivity index (χ1v) is 10.7. The molecule has 9 nitrogen and oxygen atoms in total. The smallest absolute Gasteiger partial charge is 0.255 e.